The molecular weight excluding hydrogens is 356 g/mol. The van der Waals surface area contributed by atoms with E-state index in [0.717, 1.165) is 24.1 Å². The van der Waals surface area contributed by atoms with Gasteiger partial charge in [-0.05, 0) is 42.7 Å². The van der Waals surface area contributed by atoms with Crippen LogP contribution in [-0.4, -0.2) is 16.5 Å². The number of aromatic nitrogens is 2. The Morgan fingerprint density at radius 1 is 0.929 bits per heavy atom. The molecule has 5 rings (SSSR count). The highest BCUT2D eigenvalue weighted by atomic mass is 19.1. The van der Waals surface area contributed by atoms with Crippen molar-refractivity contribution in [3.05, 3.63) is 84.2 Å². The van der Waals surface area contributed by atoms with Gasteiger partial charge in [-0.3, -0.25) is 4.98 Å². The summed E-state index contributed by atoms with van der Waals surface area (Å²) in [6.45, 7) is 0.679. The molecule has 0 saturated carbocycles. The minimum absolute atomic E-state index is 0.0352. The second kappa shape index (κ2) is 6.68. The summed E-state index contributed by atoms with van der Waals surface area (Å²) >= 11 is 0. The molecule has 5 heteroatoms. The average Bonchev–Trinajstić information content (AvgIpc) is 2.74. The predicted molar refractivity (Wildman–Crippen MR) is 107 cm³/mol. The average molecular weight is 373 g/mol. The largest absolute Gasteiger partial charge is 0.338 e. The van der Waals surface area contributed by atoms with E-state index in [0.29, 0.717) is 23.1 Å². The molecule has 0 amide bonds. The number of aryl methyl sites for hydroxylation is 1. The molecule has 28 heavy (non-hydrogen) atoms. The fourth-order valence-electron chi connectivity index (χ4n) is 3.92. The second-order valence-corrected chi connectivity index (χ2v) is 6.88. The molecule has 4 aromatic rings. The third-order valence-electron chi connectivity index (χ3n) is 5.20. The van der Waals surface area contributed by atoms with Crippen molar-refractivity contribution >= 4 is 22.3 Å². The molecule has 0 N–H and O–H groups in total. The highest BCUT2D eigenvalue weighted by Crippen LogP contribution is 2.41. The number of fused-ring (bicyclic) bond motifs is 2. The van der Waals surface area contributed by atoms with E-state index in [4.69, 9.17) is 0 Å². The van der Waals surface area contributed by atoms with Crippen molar-refractivity contribution in [2.24, 2.45) is 0 Å². The molecule has 0 saturated heterocycles. The number of nitrogens with zero attached hydrogens (tertiary/aromatic N) is 3. The van der Waals surface area contributed by atoms with Crippen LogP contribution in [0.2, 0.25) is 0 Å². The van der Waals surface area contributed by atoms with E-state index in [-0.39, 0.29) is 11.3 Å². The van der Waals surface area contributed by atoms with Crippen LogP contribution in [-0.2, 0) is 6.42 Å². The summed E-state index contributed by atoms with van der Waals surface area (Å²) in [6.07, 6.45) is 5.35. The zero-order chi connectivity index (χ0) is 19.1. The lowest BCUT2D eigenvalue weighted by atomic mass is 10.0. The summed E-state index contributed by atoms with van der Waals surface area (Å²) in [5.74, 6) is -0.994. The van der Waals surface area contributed by atoms with Gasteiger partial charge in [-0.15, -0.1) is 0 Å². The van der Waals surface area contributed by atoms with E-state index in [1.54, 1.807) is 24.4 Å². The Balaban J connectivity index is 1.82. The van der Waals surface area contributed by atoms with E-state index in [2.05, 4.69) is 9.97 Å². The van der Waals surface area contributed by atoms with Gasteiger partial charge in [0.25, 0.3) is 0 Å². The van der Waals surface area contributed by atoms with Crippen LogP contribution in [0.25, 0.3) is 22.2 Å². The highest BCUT2D eigenvalue weighted by molar-refractivity contribution is 5.97. The van der Waals surface area contributed by atoms with E-state index in [1.807, 2.05) is 41.4 Å². The van der Waals surface area contributed by atoms with E-state index in [1.165, 1.54) is 6.07 Å². The monoisotopic (exact) mass is 373 g/mol. The molecule has 3 nitrogen and oxygen atoms in total. The van der Waals surface area contributed by atoms with Crippen molar-refractivity contribution in [3.8, 4) is 11.3 Å². The summed E-state index contributed by atoms with van der Waals surface area (Å²) in [5.41, 5.74) is 3.30. The zero-order valence-electron chi connectivity index (χ0n) is 15.1. The first-order valence-electron chi connectivity index (χ1n) is 9.27. The molecule has 0 atom stereocenters. The van der Waals surface area contributed by atoms with Crippen molar-refractivity contribution in [3.63, 3.8) is 0 Å². The van der Waals surface area contributed by atoms with Crippen molar-refractivity contribution in [2.45, 2.75) is 12.8 Å². The van der Waals surface area contributed by atoms with Gasteiger partial charge < -0.3 is 4.90 Å². The Bertz CT molecular complexity index is 1190. The number of para-hydroxylation sites is 1. The van der Waals surface area contributed by atoms with Gasteiger partial charge in [-0.25, -0.2) is 13.8 Å². The second-order valence-electron chi connectivity index (χ2n) is 6.88. The number of pyridine rings is 2. The van der Waals surface area contributed by atoms with Crippen molar-refractivity contribution in [2.75, 3.05) is 11.4 Å². The van der Waals surface area contributed by atoms with Crippen LogP contribution in [0.4, 0.5) is 20.2 Å². The van der Waals surface area contributed by atoms with E-state index < -0.39 is 11.6 Å². The van der Waals surface area contributed by atoms with Gasteiger partial charge in [0.2, 0.25) is 0 Å². The SMILES string of the molecule is Fc1ccccc1-c1nc2ccccc2c(N2CCCc3cnccc32)c1F. The molecular formula is C23H17F2N3. The standard InChI is InChI=1S/C23H17F2N3/c24-18-9-3-1-7-16(18)22-21(25)23(17-8-2-4-10-19(17)27-22)28-13-5-6-15-14-26-12-11-20(15)28/h1-4,7-12,14H,5-6,13H2. The third-order valence-corrected chi connectivity index (χ3v) is 5.20. The maximum absolute atomic E-state index is 15.9. The van der Waals surface area contributed by atoms with Crippen LogP contribution < -0.4 is 4.90 Å². The lowest BCUT2D eigenvalue weighted by Crippen LogP contribution is -2.26. The van der Waals surface area contributed by atoms with Gasteiger partial charge in [0, 0.05) is 35.6 Å². The topological polar surface area (TPSA) is 29.0 Å². The van der Waals surface area contributed by atoms with E-state index >= 15 is 4.39 Å². The molecule has 1 aliphatic heterocycles. The minimum atomic E-state index is -0.506. The summed E-state index contributed by atoms with van der Waals surface area (Å²) < 4.78 is 30.3. The fourth-order valence-corrected chi connectivity index (χ4v) is 3.92. The molecule has 0 fully saturated rings. The van der Waals surface area contributed by atoms with Gasteiger partial charge >= 0.3 is 0 Å². The van der Waals surface area contributed by atoms with Crippen molar-refractivity contribution in [1.82, 2.24) is 9.97 Å². The van der Waals surface area contributed by atoms with Gasteiger partial charge in [0.1, 0.15) is 11.5 Å². The van der Waals surface area contributed by atoms with Crippen molar-refractivity contribution in [1.29, 1.82) is 0 Å². The zero-order valence-corrected chi connectivity index (χ0v) is 15.1. The van der Waals surface area contributed by atoms with Crippen LogP contribution >= 0.6 is 0 Å². The number of anilines is 2. The molecule has 0 bridgehead atoms. The number of halogens is 2. The molecule has 3 heterocycles. The van der Waals surface area contributed by atoms with Crippen molar-refractivity contribution < 1.29 is 8.78 Å². The molecule has 2 aromatic carbocycles. The molecule has 0 spiro atoms. The van der Waals surface area contributed by atoms with Gasteiger partial charge in [0.15, 0.2) is 5.82 Å². The van der Waals surface area contributed by atoms with Crippen LogP contribution in [0.3, 0.4) is 0 Å². The van der Waals surface area contributed by atoms with Crippen LogP contribution in [0.1, 0.15) is 12.0 Å². The number of hydrogen-bond donors (Lipinski definition) is 0. The number of benzene rings is 2. The first-order valence-corrected chi connectivity index (χ1v) is 9.27. The lowest BCUT2D eigenvalue weighted by Gasteiger charge is -2.32. The Hall–Kier alpha value is -3.34. The number of hydrogen-bond acceptors (Lipinski definition) is 3. The normalized spacial score (nSPS) is 13.6. The van der Waals surface area contributed by atoms with E-state index in [9.17, 15) is 4.39 Å². The van der Waals surface area contributed by atoms with Crippen LogP contribution in [0.15, 0.2) is 67.0 Å². The quantitative estimate of drug-likeness (QED) is 0.454. The Morgan fingerprint density at radius 3 is 2.64 bits per heavy atom. The maximum Gasteiger partial charge on any atom is 0.173 e. The Kier molecular flexibility index (Phi) is 4.01. The summed E-state index contributed by atoms with van der Waals surface area (Å²) in [7, 11) is 0. The summed E-state index contributed by atoms with van der Waals surface area (Å²) in [4.78, 5) is 10.6. The molecule has 138 valence electrons. The summed E-state index contributed by atoms with van der Waals surface area (Å²) in [5, 5.41) is 0.713. The maximum atomic E-state index is 15.9. The van der Waals surface area contributed by atoms with Gasteiger partial charge in [0.05, 0.1) is 11.2 Å². The lowest BCUT2D eigenvalue weighted by molar-refractivity contribution is 0.610. The number of rotatable bonds is 2. The van der Waals surface area contributed by atoms with Gasteiger partial charge in [-0.2, -0.15) is 0 Å². The Labute approximate surface area is 161 Å². The highest BCUT2D eigenvalue weighted by Gasteiger charge is 2.26. The molecule has 2 aromatic heterocycles. The van der Waals surface area contributed by atoms with Crippen LogP contribution in [0.5, 0.6) is 0 Å². The smallest absolute Gasteiger partial charge is 0.173 e. The fraction of sp³-hybridized carbons (Fsp3) is 0.130. The molecule has 0 radical (unpaired) electrons. The Morgan fingerprint density at radius 2 is 1.75 bits per heavy atom. The first kappa shape index (κ1) is 16.8. The minimum Gasteiger partial charge on any atom is -0.338 e. The van der Waals surface area contributed by atoms with Gasteiger partial charge in [-0.1, -0.05) is 30.3 Å². The summed E-state index contributed by atoms with van der Waals surface area (Å²) in [6, 6.07) is 15.5. The third kappa shape index (κ3) is 2.62. The molecule has 1 aliphatic rings. The predicted octanol–water partition coefficient (Wildman–Crippen LogP) is 5.66. The molecule has 0 unspecified atom stereocenters. The van der Waals surface area contributed by atoms with Crippen LogP contribution in [0, 0.1) is 11.6 Å². The molecule has 0 aliphatic carbocycles. The first-order chi connectivity index (χ1) is 13.7.